The zero-order chi connectivity index (χ0) is 14.5. The van der Waals surface area contributed by atoms with Crippen LogP contribution in [-0.4, -0.2) is 22.0 Å². The summed E-state index contributed by atoms with van der Waals surface area (Å²) in [6, 6.07) is 3.92. The van der Waals surface area contributed by atoms with Crippen LogP contribution in [0.25, 0.3) is 0 Å². The molecule has 0 radical (unpaired) electrons. The molecule has 0 saturated carbocycles. The van der Waals surface area contributed by atoms with Crippen molar-refractivity contribution < 1.29 is 0 Å². The van der Waals surface area contributed by atoms with Gasteiger partial charge < -0.3 is 10.6 Å². The Balaban J connectivity index is 2.17. The average molecular weight is 271 g/mol. The Labute approximate surface area is 119 Å². The molecule has 0 unspecified atom stereocenters. The van der Waals surface area contributed by atoms with E-state index in [1.54, 1.807) is 6.20 Å². The molecule has 2 rings (SSSR count). The van der Waals surface area contributed by atoms with Gasteiger partial charge in [-0.25, -0.2) is 9.97 Å². The molecule has 0 fully saturated rings. The monoisotopic (exact) mass is 271 g/mol. The highest BCUT2D eigenvalue weighted by atomic mass is 15.1. The maximum Gasteiger partial charge on any atom is 0.135 e. The van der Waals surface area contributed by atoms with Gasteiger partial charge in [-0.05, 0) is 24.1 Å². The number of nitrogens with zero attached hydrogens (tertiary/aromatic N) is 3. The van der Waals surface area contributed by atoms with Crippen LogP contribution in [0.5, 0.6) is 0 Å². The topological polar surface area (TPSA) is 62.7 Å². The van der Waals surface area contributed by atoms with Gasteiger partial charge in [0.25, 0.3) is 0 Å². The van der Waals surface area contributed by atoms with E-state index in [-0.39, 0.29) is 0 Å². The summed E-state index contributed by atoms with van der Waals surface area (Å²) in [5, 5.41) is 6.41. The van der Waals surface area contributed by atoms with E-state index in [0.29, 0.717) is 12.5 Å². The van der Waals surface area contributed by atoms with E-state index in [0.717, 1.165) is 17.5 Å². The molecule has 0 aliphatic rings. The second-order valence-electron chi connectivity index (χ2n) is 5.06. The maximum atomic E-state index is 4.54. The first-order valence-corrected chi connectivity index (χ1v) is 6.80. The molecule has 0 saturated heterocycles. The van der Waals surface area contributed by atoms with Gasteiger partial charge in [-0.15, -0.1) is 0 Å². The Hall–Kier alpha value is -2.17. The van der Waals surface area contributed by atoms with Crippen LogP contribution >= 0.6 is 0 Å². The Morgan fingerprint density at radius 2 is 1.95 bits per heavy atom. The lowest BCUT2D eigenvalue weighted by atomic mass is 10.1. The van der Waals surface area contributed by atoms with E-state index in [2.05, 4.69) is 46.4 Å². The lowest BCUT2D eigenvalue weighted by Gasteiger charge is -2.12. The standard InChI is InChI=1S/C15H21N5/c1-10(2)15-19-13(16-4)7-14(20-15)18-9-12-8-17-6-5-11(12)3/h5-8,10H,9H2,1-4H3,(H2,16,18,19,20). The molecule has 2 heterocycles. The number of nitrogens with one attached hydrogen (secondary N) is 2. The fourth-order valence-corrected chi connectivity index (χ4v) is 1.81. The van der Waals surface area contributed by atoms with Crippen molar-refractivity contribution in [3.8, 4) is 0 Å². The van der Waals surface area contributed by atoms with Gasteiger partial charge in [-0.3, -0.25) is 4.98 Å². The smallest absolute Gasteiger partial charge is 0.135 e. The zero-order valence-corrected chi connectivity index (χ0v) is 12.4. The molecule has 0 aliphatic carbocycles. The molecule has 0 aliphatic heterocycles. The minimum absolute atomic E-state index is 0.295. The van der Waals surface area contributed by atoms with Crippen LogP contribution < -0.4 is 10.6 Å². The van der Waals surface area contributed by atoms with Gasteiger partial charge in [0.2, 0.25) is 0 Å². The van der Waals surface area contributed by atoms with Gasteiger partial charge in [0.05, 0.1) is 0 Å². The van der Waals surface area contributed by atoms with Crippen molar-refractivity contribution in [3.05, 3.63) is 41.5 Å². The number of pyridine rings is 1. The van der Waals surface area contributed by atoms with Crippen LogP contribution in [0.2, 0.25) is 0 Å². The molecule has 0 spiro atoms. The number of hydrogen-bond acceptors (Lipinski definition) is 5. The highest BCUT2D eigenvalue weighted by Crippen LogP contribution is 2.17. The average Bonchev–Trinajstić information content (AvgIpc) is 2.46. The van der Waals surface area contributed by atoms with Gasteiger partial charge >= 0.3 is 0 Å². The van der Waals surface area contributed by atoms with Gasteiger partial charge in [-0.2, -0.15) is 0 Å². The van der Waals surface area contributed by atoms with Crippen LogP contribution in [0.1, 0.15) is 36.7 Å². The SMILES string of the molecule is CNc1cc(NCc2cnccc2C)nc(C(C)C)n1. The third kappa shape index (κ3) is 3.44. The molecule has 106 valence electrons. The summed E-state index contributed by atoms with van der Waals surface area (Å²) in [5.74, 6) is 2.79. The van der Waals surface area contributed by atoms with Crippen molar-refractivity contribution in [3.63, 3.8) is 0 Å². The quantitative estimate of drug-likeness (QED) is 0.875. The van der Waals surface area contributed by atoms with Gasteiger partial charge in [0.15, 0.2) is 0 Å². The van der Waals surface area contributed by atoms with E-state index in [9.17, 15) is 0 Å². The minimum Gasteiger partial charge on any atom is -0.373 e. The largest absolute Gasteiger partial charge is 0.373 e. The summed E-state index contributed by atoms with van der Waals surface area (Å²) in [5.41, 5.74) is 2.39. The Morgan fingerprint density at radius 3 is 2.60 bits per heavy atom. The summed E-state index contributed by atoms with van der Waals surface area (Å²) in [6.45, 7) is 6.96. The highest BCUT2D eigenvalue weighted by molar-refractivity contribution is 5.48. The van der Waals surface area contributed by atoms with Crippen LogP contribution in [0, 0.1) is 6.92 Å². The number of anilines is 2. The van der Waals surface area contributed by atoms with E-state index in [1.807, 2.05) is 25.4 Å². The molecular weight excluding hydrogens is 250 g/mol. The maximum absolute atomic E-state index is 4.54. The van der Waals surface area contributed by atoms with Crippen LogP contribution in [0.3, 0.4) is 0 Å². The zero-order valence-electron chi connectivity index (χ0n) is 12.4. The summed E-state index contributed by atoms with van der Waals surface area (Å²) in [6.07, 6.45) is 3.69. The van der Waals surface area contributed by atoms with Crippen LogP contribution in [0.15, 0.2) is 24.5 Å². The molecule has 2 aromatic rings. The molecule has 2 N–H and O–H groups in total. The second-order valence-corrected chi connectivity index (χ2v) is 5.06. The normalized spacial score (nSPS) is 10.7. The number of aryl methyl sites for hydroxylation is 1. The molecule has 5 heteroatoms. The third-order valence-corrected chi connectivity index (χ3v) is 3.12. The molecule has 20 heavy (non-hydrogen) atoms. The van der Waals surface area contributed by atoms with E-state index < -0.39 is 0 Å². The molecule has 2 aromatic heterocycles. The molecule has 0 atom stereocenters. The van der Waals surface area contributed by atoms with Gasteiger partial charge in [0, 0.05) is 38.0 Å². The Bertz CT molecular complexity index is 580. The first-order valence-electron chi connectivity index (χ1n) is 6.80. The van der Waals surface area contributed by atoms with Crippen LogP contribution in [-0.2, 0) is 6.54 Å². The van der Waals surface area contributed by atoms with Gasteiger partial charge in [0.1, 0.15) is 17.5 Å². The van der Waals surface area contributed by atoms with Crippen molar-refractivity contribution in [2.75, 3.05) is 17.7 Å². The molecule has 0 aromatic carbocycles. The molecule has 0 bridgehead atoms. The Kier molecular flexibility index (Phi) is 4.50. The van der Waals surface area contributed by atoms with Crippen molar-refractivity contribution in [2.45, 2.75) is 33.2 Å². The van der Waals surface area contributed by atoms with Crippen molar-refractivity contribution in [2.24, 2.45) is 0 Å². The van der Waals surface area contributed by atoms with E-state index >= 15 is 0 Å². The minimum atomic E-state index is 0.295. The first kappa shape index (κ1) is 14.2. The summed E-state index contributed by atoms with van der Waals surface area (Å²) >= 11 is 0. The lowest BCUT2D eigenvalue weighted by Crippen LogP contribution is -2.08. The Morgan fingerprint density at radius 1 is 1.20 bits per heavy atom. The van der Waals surface area contributed by atoms with Gasteiger partial charge in [-0.1, -0.05) is 13.8 Å². The second kappa shape index (κ2) is 6.32. The predicted octanol–water partition coefficient (Wildman–Crippen LogP) is 2.96. The number of hydrogen-bond donors (Lipinski definition) is 2. The summed E-state index contributed by atoms with van der Waals surface area (Å²) in [4.78, 5) is 13.1. The number of rotatable bonds is 5. The fraction of sp³-hybridized carbons (Fsp3) is 0.400. The highest BCUT2D eigenvalue weighted by Gasteiger charge is 2.07. The predicted molar refractivity (Wildman–Crippen MR) is 82.0 cm³/mol. The molecular formula is C15H21N5. The lowest BCUT2D eigenvalue weighted by molar-refractivity contribution is 0.776. The number of aromatic nitrogens is 3. The molecule has 0 amide bonds. The summed E-state index contributed by atoms with van der Waals surface area (Å²) in [7, 11) is 1.86. The van der Waals surface area contributed by atoms with E-state index in [1.165, 1.54) is 11.1 Å². The van der Waals surface area contributed by atoms with Crippen molar-refractivity contribution in [1.29, 1.82) is 0 Å². The third-order valence-electron chi connectivity index (χ3n) is 3.12. The van der Waals surface area contributed by atoms with Crippen molar-refractivity contribution >= 4 is 11.6 Å². The fourth-order valence-electron chi connectivity index (χ4n) is 1.81. The first-order chi connectivity index (χ1) is 9.60. The summed E-state index contributed by atoms with van der Waals surface area (Å²) < 4.78 is 0. The molecule has 5 nitrogen and oxygen atoms in total. The van der Waals surface area contributed by atoms with E-state index in [4.69, 9.17) is 0 Å². The van der Waals surface area contributed by atoms with Crippen molar-refractivity contribution in [1.82, 2.24) is 15.0 Å². The van der Waals surface area contributed by atoms with Crippen LogP contribution in [0.4, 0.5) is 11.6 Å².